The first-order valence-electron chi connectivity index (χ1n) is 2.76. The van der Waals surface area contributed by atoms with Gasteiger partial charge in [-0.2, -0.15) is 5.10 Å². The Kier molecular flexibility index (Phi) is 0.960. The monoisotopic (exact) mass is 121 g/mol. The first-order chi connectivity index (χ1) is 4.47. The second-order valence-corrected chi connectivity index (χ2v) is 1.94. The summed E-state index contributed by atoms with van der Waals surface area (Å²) in [7, 11) is 0. The Labute approximate surface area is 52.7 Å². The molecule has 3 nitrogen and oxygen atoms in total. The highest BCUT2D eigenvalue weighted by Crippen LogP contribution is 2.13. The first-order valence-corrected chi connectivity index (χ1v) is 2.76. The number of fused-ring (bicyclic) bond motifs is 1. The van der Waals surface area contributed by atoms with E-state index in [1.165, 1.54) is 0 Å². The third-order valence-corrected chi connectivity index (χ3v) is 1.33. The molecular weight excluding hydrogens is 116 g/mol. The average Bonchev–Trinajstić information content (AvgIpc) is 2.33. The molecule has 9 heavy (non-hydrogen) atoms. The smallest absolute Gasteiger partial charge is 0.114 e. The molecule has 1 aliphatic rings. The zero-order valence-electron chi connectivity index (χ0n) is 4.79. The number of hydrogen-bond acceptors (Lipinski definition) is 3. The van der Waals surface area contributed by atoms with Gasteiger partial charge >= 0.3 is 0 Å². The second-order valence-electron chi connectivity index (χ2n) is 1.94. The van der Waals surface area contributed by atoms with Gasteiger partial charge in [0.15, 0.2) is 0 Å². The summed E-state index contributed by atoms with van der Waals surface area (Å²) in [5, 5.41) is 7.43. The summed E-state index contributed by atoms with van der Waals surface area (Å²) in [6.07, 6.45) is 2.65. The molecule has 0 amide bonds. The van der Waals surface area contributed by atoms with Crippen molar-refractivity contribution >= 4 is 0 Å². The van der Waals surface area contributed by atoms with E-state index < -0.39 is 0 Å². The van der Waals surface area contributed by atoms with Gasteiger partial charge in [-0.25, -0.2) is 0 Å². The summed E-state index contributed by atoms with van der Waals surface area (Å²) in [4.78, 5) is 0. The molecule has 0 saturated carbocycles. The van der Waals surface area contributed by atoms with Crippen LogP contribution in [0.25, 0.3) is 0 Å². The zero-order chi connectivity index (χ0) is 6.10. The highest BCUT2D eigenvalue weighted by molar-refractivity contribution is 5.17. The standard InChI is InChI=1S/C6H5N2O/c1-2-7-8-6-4-9-3-5(1)6/h1H,3-4H2. The maximum atomic E-state index is 5.09. The molecule has 0 unspecified atom stereocenters. The lowest BCUT2D eigenvalue weighted by Gasteiger charge is -1.87. The number of aromatic nitrogens is 2. The van der Waals surface area contributed by atoms with E-state index in [0.717, 1.165) is 11.3 Å². The topological polar surface area (TPSA) is 35.0 Å². The highest BCUT2D eigenvalue weighted by atomic mass is 16.5. The van der Waals surface area contributed by atoms with Gasteiger partial charge in [0.05, 0.1) is 18.9 Å². The third-order valence-electron chi connectivity index (χ3n) is 1.33. The van der Waals surface area contributed by atoms with Crippen LogP contribution in [0.5, 0.6) is 0 Å². The minimum absolute atomic E-state index is 0.608. The van der Waals surface area contributed by atoms with Gasteiger partial charge in [0, 0.05) is 5.56 Å². The maximum absolute atomic E-state index is 5.09. The molecule has 1 aromatic rings. The lowest BCUT2D eigenvalue weighted by atomic mass is 10.3. The molecule has 0 fully saturated rings. The molecule has 0 atom stereocenters. The van der Waals surface area contributed by atoms with Crippen molar-refractivity contribution in [2.45, 2.75) is 13.2 Å². The predicted octanol–water partition coefficient (Wildman–Crippen LogP) is 0.307. The van der Waals surface area contributed by atoms with Crippen molar-refractivity contribution in [1.29, 1.82) is 0 Å². The van der Waals surface area contributed by atoms with Crippen LogP contribution in [-0.4, -0.2) is 10.2 Å². The molecule has 0 aromatic carbocycles. The zero-order valence-corrected chi connectivity index (χ0v) is 4.79. The SMILES string of the molecule is [c]1cc2c(nn1)COC2. The van der Waals surface area contributed by atoms with Crippen molar-refractivity contribution in [3.63, 3.8) is 0 Å². The van der Waals surface area contributed by atoms with Crippen LogP contribution in [0.1, 0.15) is 11.3 Å². The van der Waals surface area contributed by atoms with Gasteiger partial charge in [0.1, 0.15) is 6.20 Å². The van der Waals surface area contributed by atoms with Crippen molar-refractivity contribution in [3.8, 4) is 0 Å². The summed E-state index contributed by atoms with van der Waals surface area (Å²) >= 11 is 0. The Bertz CT molecular complexity index is 201. The average molecular weight is 121 g/mol. The summed E-state index contributed by atoms with van der Waals surface area (Å²) in [5.41, 5.74) is 2.07. The van der Waals surface area contributed by atoms with Crippen LogP contribution in [0.3, 0.4) is 0 Å². The van der Waals surface area contributed by atoms with E-state index in [9.17, 15) is 0 Å². The van der Waals surface area contributed by atoms with Crippen molar-refractivity contribution in [2.24, 2.45) is 0 Å². The molecule has 1 aliphatic heterocycles. The third kappa shape index (κ3) is 0.695. The fourth-order valence-corrected chi connectivity index (χ4v) is 0.848. The van der Waals surface area contributed by atoms with Crippen LogP contribution in [-0.2, 0) is 18.0 Å². The van der Waals surface area contributed by atoms with E-state index in [-0.39, 0.29) is 0 Å². The fourth-order valence-electron chi connectivity index (χ4n) is 0.848. The molecule has 2 heterocycles. The van der Waals surface area contributed by atoms with Crippen LogP contribution in [0.15, 0.2) is 6.07 Å². The van der Waals surface area contributed by atoms with E-state index in [2.05, 4.69) is 16.4 Å². The van der Waals surface area contributed by atoms with Crippen LogP contribution in [0, 0.1) is 6.20 Å². The maximum Gasteiger partial charge on any atom is 0.114 e. The first kappa shape index (κ1) is 4.88. The quantitative estimate of drug-likeness (QED) is 0.495. The second kappa shape index (κ2) is 1.77. The Hall–Kier alpha value is -0.960. The Balaban J connectivity index is 2.54. The van der Waals surface area contributed by atoms with E-state index in [4.69, 9.17) is 4.74 Å². The molecule has 0 saturated heterocycles. The van der Waals surface area contributed by atoms with Crippen molar-refractivity contribution in [2.75, 3.05) is 0 Å². The van der Waals surface area contributed by atoms with Gasteiger partial charge in [-0.15, -0.1) is 5.10 Å². The summed E-state index contributed by atoms with van der Waals surface area (Å²) in [6.45, 7) is 1.28. The van der Waals surface area contributed by atoms with Gasteiger partial charge in [0.2, 0.25) is 0 Å². The summed E-state index contributed by atoms with van der Waals surface area (Å²) < 4.78 is 5.09. The molecule has 0 aliphatic carbocycles. The van der Waals surface area contributed by atoms with Crippen molar-refractivity contribution in [3.05, 3.63) is 23.5 Å². The molecule has 3 heteroatoms. The van der Waals surface area contributed by atoms with E-state index in [0.29, 0.717) is 13.2 Å². The normalized spacial score (nSPS) is 15.6. The van der Waals surface area contributed by atoms with Crippen LogP contribution in [0.2, 0.25) is 0 Å². The van der Waals surface area contributed by atoms with Gasteiger partial charge in [-0.05, 0) is 6.07 Å². The van der Waals surface area contributed by atoms with Crippen molar-refractivity contribution < 1.29 is 4.74 Å². The van der Waals surface area contributed by atoms with Gasteiger partial charge < -0.3 is 4.74 Å². The van der Waals surface area contributed by atoms with E-state index in [1.54, 1.807) is 0 Å². The Morgan fingerprint density at radius 2 is 2.56 bits per heavy atom. The van der Waals surface area contributed by atoms with Gasteiger partial charge in [-0.3, -0.25) is 0 Å². The number of rotatable bonds is 0. The highest BCUT2D eigenvalue weighted by Gasteiger charge is 2.10. The van der Waals surface area contributed by atoms with Crippen LogP contribution < -0.4 is 0 Å². The summed E-state index contributed by atoms with van der Waals surface area (Å²) in [6, 6.07) is 1.81. The Morgan fingerprint density at radius 1 is 1.56 bits per heavy atom. The minimum atomic E-state index is 0.608. The molecule has 1 aromatic heterocycles. The van der Waals surface area contributed by atoms with Gasteiger partial charge in [-0.1, -0.05) is 0 Å². The number of nitrogens with zero attached hydrogens (tertiary/aromatic N) is 2. The summed E-state index contributed by atoms with van der Waals surface area (Å²) in [5.74, 6) is 0. The minimum Gasteiger partial charge on any atom is -0.370 e. The van der Waals surface area contributed by atoms with E-state index >= 15 is 0 Å². The van der Waals surface area contributed by atoms with Crippen LogP contribution >= 0.6 is 0 Å². The van der Waals surface area contributed by atoms with Crippen molar-refractivity contribution in [1.82, 2.24) is 10.2 Å². The largest absolute Gasteiger partial charge is 0.370 e. The molecule has 0 spiro atoms. The lowest BCUT2D eigenvalue weighted by Crippen LogP contribution is -1.89. The molecule has 2 rings (SSSR count). The van der Waals surface area contributed by atoms with Crippen LogP contribution in [0.4, 0.5) is 0 Å². The molecule has 1 radical (unpaired) electrons. The Morgan fingerprint density at radius 3 is 3.44 bits per heavy atom. The number of ether oxygens (including phenoxy) is 1. The van der Waals surface area contributed by atoms with Gasteiger partial charge in [0.25, 0.3) is 0 Å². The molecular formula is C6H5N2O. The predicted molar refractivity (Wildman–Crippen MR) is 29.4 cm³/mol. The molecule has 0 N–H and O–H groups in total. The van der Waals surface area contributed by atoms with E-state index in [1.807, 2.05) is 6.07 Å². The lowest BCUT2D eigenvalue weighted by molar-refractivity contribution is 0.133. The molecule has 0 bridgehead atoms. The fraction of sp³-hybridized carbons (Fsp3) is 0.333. The number of hydrogen-bond donors (Lipinski definition) is 0. The molecule has 45 valence electrons.